The predicted octanol–water partition coefficient (Wildman–Crippen LogP) is -0.223. The molecular formula is C19H12Cl2N3NaO3. The van der Waals surface area contributed by atoms with Crippen molar-refractivity contribution in [3.05, 3.63) is 69.3 Å². The molecule has 2 heterocycles. The second kappa shape index (κ2) is 8.29. The van der Waals surface area contributed by atoms with E-state index in [0.29, 0.717) is 27.2 Å². The van der Waals surface area contributed by atoms with Gasteiger partial charge in [-0.3, -0.25) is 4.79 Å². The van der Waals surface area contributed by atoms with Gasteiger partial charge in [-0.15, -0.1) is 0 Å². The fourth-order valence-corrected chi connectivity index (χ4v) is 3.70. The standard InChI is InChI=1S/C19H13Cl2N3O3.Na/c20-11-7-14(21)16-13(17(19(26)27)23-15(16)8-11)6-10-9-22-24(18(10)25)12-4-2-1-3-5-12;/h1-8,22-23H,9H2,(H,26,27);/q;+1/p-1/b10-6+;. The first-order chi connectivity index (χ1) is 13.0. The number of hydrogen-bond acceptors (Lipinski definition) is 4. The molecule has 4 rings (SSSR count). The van der Waals surface area contributed by atoms with Gasteiger partial charge in [0, 0.05) is 33.6 Å². The molecule has 0 saturated carbocycles. The molecule has 1 amide bonds. The first-order valence-electron chi connectivity index (χ1n) is 8.01. The summed E-state index contributed by atoms with van der Waals surface area (Å²) >= 11 is 12.3. The number of hydrazine groups is 1. The Kier molecular flexibility index (Phi) is 6.19. The largest absolute Gasteiger partial charge is 1.00 e. The number of anilines is 1. The molecule has 3 aromatic rings. The minimum atomic E-state index is -1.40. The van der Waals surface area contributed by atoms with Gasteiger partial charge >= 0.3 is 29.6 Å². The summed E-state index contributed by atoms with van der Waals surface area (Å²) in [4.78, 5) is 27.1. The van der Waals surface area contributed by atoms with E-state index in [0.717, 1.165) is 0 Å². The van der Waals surface area contributed by atoms with Gasteiger partial charge in [-0.1, -0.05) is 41.4 Å². The summed E-state index contributed by atoms with van der Waals surface area (Å²) in [6.07, 6.45) is 1.52. The van der Waals surface area contributed by atoms with Crippen LogP contribution in [-0.2, 0) is 4.79 Å². The quantitative estimate of drug-likeness (QED) is 0.450. The van der Waals surface area contributed by atoms with Crippen molar-refractivity contribution >= 4 is 57.7 Å². The van der Waals surface area contributed by atoms with E-state index in [1.54, 1.807) is 18.2 Å². The van der Waals surface area contributed by atoms with Crippen LogP contribution in [0.3, 0.4) is 0 Å². The van der Waals surface area contributed by atoms with Crippen molar-refractivity contribution in [2.45, 2.75) is 0 Å². The van der Waals surface area contributed by atoms with Crippen LogP contribution in [0.15, 0.2) is 48.0 Å². The Morgan fingerprint density at radius 1 is 1.18 bits per heavy atom. The van der Waals surface area contributed by atoms with Crippen LogP contribution < -0.4 is 45.1 Å². The number of aromatic nitrogens is 1. The van der Waals surface area contributed by atoms with Gasteiger partial charge in [0.2, 0.25) is 0 Å². The van der Waals surface area contributed by atoms with E-state index in [4.69, 9.17) is 23.2 Å². The van der Waals surface area contributed by atoms with Crippen LogP contribution in [0, 0.1) is 0 Å². The molecule has 1 aromatic heterocycles. The number of hydrogen-bond donors (Lipinski definition) is 2. The zero-order valence-electron chi connectivity index (χ0n) is 14.8. The van der Waals surface area contributed by atoms with Crippen molar-refractivity contribution in [2.24, 2.45) is 0 Å². The van der Waals surface area contributed by atoms with Crippen LogP contribution in [0.1, 0.15) is 16.1 Å². The van der Waals surface area contributed by atoms with Gasteiger partial charge in [-0.25, -0.2) is 10.4 Å². The van der Waals surface area contributed by atoms with Crippen LogP contribution in [0.2, 0.25) is 10.0 Å². The number of nitrogens with one attached hydrogen (secondary N) is 2. The third kappa shape index (κ3) is 3.72. The number of amides is 1. The van der Waals surface area contributed by atoms with Gasteiger partial charge in [0.1, 0.15) is 0 Å². The van der Waals surface area contributed by atoms with Crippen molar-refractivity contribution in [3.63, 3.8) is 0 Å². The number of carbonyl (C=O) groups is 2. The smallest absolute Gasteiger partial charge is 0.543 e. The second-order valence-corrected chi connectivity index (χ2v) is 6.84. The molecule has 0 unspecified atom stereocenters. The van der Waals surface area contributed by atoms with E-state index in [-0.39, 0.29) is 58.3 Å². The number of aromatic amines is 1. The van der Waals surface area contributed by atoms with Crippen LogP contribution in [-0.4, -0.2) is 23.4 Å². The minimum absolute atomic E-state index is 0. The minimum Gasteiger partial charge on any atom is -0.543 e. The van der Waals surface area contributed by atoms with Crippen LogP contribution in [0.4, 0.5) is 5.69 Å². The van der Waals surface area contributed by atoms with E-state index in [1.807, 2.05) is 18.2 Å². The predicted molar refractivity (Wildman–Crippen MR) is 103 cm³/mol. The summed E-state index contributed by atoms with van der Waals surface area (Å²) in [6.45, 7) is 0.248. The number of carbonyl (C=O) groups excluding carboxylic acids is 2. The molecule has 0 atom stereocenters. The first-order valence-corrected chi connectivity index (χ1v) is 8.77. The molecule has 1 aliphatic heterocycles. The number of carboxylic acid groups (broad SMARTS) is 1. The van der Waals surface area contributed by atoms with Gasteiger partial charge in [0.25, 0.3) is 5.91 Å². The van der Waals surface area contributed by atoms with Crippen LogP contribution in [0.5, 0.6) is 0 Å². The van der Waals surface area contributed by atoms with Crippen molar-refractivity contribution in [1.82, 2.24) is 10.4 Å². The molecule has 0 radical (unpaired) electrons. The number of fused-ring (bicyclic) bond motifs is 1. The normalized spacial score (nSPS) is 15.3. The number of halogens is 2. The van der Waals surface area contributed by atoms with E-state index in [2.05, 4.69) is 10.4 Å². The van der Waals surface area contributed by atoms with Gasteiger partial charge < -0.3 is 14.9 Å². The molecule has 0 bridgehead atoms. The third-order valence-corrected chi connectivity index (χ3v) is 4.81. The molecule has 136 valence electrons. The Morgan fingerprint density at radius 3 is 2.57 bits per heavy atom. The van der Waals surface area contributed by atoms with E-state index < -0.39 is 5.97 Å². The number of benzene rings is 2. The number of carboxylic acids is 1. The van der Waals surface area contributed by atoms with Gasteiger partial charge in [0.05, 0.1) is 22.4 Å². The number of rotatable bonds is 3. The van der Waals surface area contributed by atoms with Crippen LogP contribution in [0.25, 0.3) is 17.0 Å². The zero-order valence-corrected chi connectivity index (χ0v) is 18.3. The Labute approximate surface area is 192 Å². The topological polar surface area (TPSA) is 88.3 Å². The SMILES string of the molecule is O=C([O-])c1[nH]c2cc(Cl)cc(Cl)c2c1/C=C1\CNN(c2ccccc2)C1=O.[Na+]. The van der Waals surface area contributed by atoms with E-state index in [9.17, 15) is 14.7 Å². The molecular weight excluding hydrogens is 412 g/mol. The monoisotopic (exact) mass is 423 g/mol. The second-order valence-electron chi connectivity index (χ2n) is 5.99. The van der Waals surface area contributed by atoms with Crippen molar-refractivity contribution in [1.29, 1.82) is 0 Å². The zero-order chi connectivity index (χ0) is 19.1. The Balaban J connectivity index is 0.00000225. The fraction of sp³-hybridized carbons (Fsp3) is 0.0526. The van der Waals surface area contributed by atoms with Crippen molar-refractivity contribution in [2.75, 3.05) is 11.6 Å². The van der Waals surface area contributed by atoms with Gasteiger partial charge in [-0.2, -0.15) is 0 Å². The molecule has 1 aliphatic rings. The number of H-pyrrole nitrogens is 1. The summed E-state index contributed by atoms with van der Waals surface area (Å²) in [6, 6.07) is 12.2. The Hall–Kier alpha value is -1.80. The average Bonchev–Trinajstić information content (AvgIpc) is 3.17. The van der Waals surface area contributed by atoms with Crippen LogP contribution >= 0.6 is 23.2 Å². The maximum atomic E-state index is 12.8. The number of aromatic carboxylic acids is 1. The molecule has 0 aliphatic carbocycles. The molecule has 9 heteroatoms. The number of para-hydroxylation sites is 1. The van der Waals surface area contributed by atoms with E-state index in [1.165, 1.54) is 17.2 Å². The number of nitrogens with zero attached hydrogens (tertiary/aromatic N) is 1. The maximum Gasteiger partial charge on any atom is 1.00 e. The molecule has 6 nitrogen and oxygen atoms in total. The van der Waals surface area contributed by atoms with Crippen molar-refractivity contribution in [3.8, 4) is 0 Å². The summed E-state index contributed by atoms with van der Waals surface area (Å²) < 4.78 is 0. The Bertz CT molecular complexity index is 1110. The third-order valence-electron chi connectivity index (χ3n) is 4.30. The van der Waals surface area contributed by atoms with Gasteiger partial charge in [0.15, 0.2) is 0 Å². The first kappa shape index (κ1) is 20.9. The maximum absolute atomic E-state index is 12.8. The Morgan fingerprint density at radius 2 is 1.89 bits per heavy atom. The average molecular weight is 424 g/mol. The molecule has 2 N–H and O–H groups in total. The molecule has 2 aromatic carbocycles. The van der Waals surface area contributed by atoms with Gasteiger partial charge in [-0.05, 0) is 30.3 Å². The molecule has 0 spiro atoms. The summed E-state index contributed by atoms with van der Waals surface area (Å²) in [5, 5.41) is 14.1. The fourth-order valence-electron chi connectivity index (χ4n) is 3.11. The summed E-state index contributed by atoms with van der Waals surface area (Å²) in [5.74, 6) is -1.67. The molecule has 1 saturated heterocycles. The summed E-state index contributed by atoms with van der Waals surface area (Å²) in [7, 11) is 0. The molecule has 28 heavy (non-hydrogen) atoms. The summed E-state index contributed by atoms with van der Waals surface area (Å²) in [5.41, 5.74) is 4.66. The molecule has 1 fully saturated rings. The van der Waals surface area contributed by atoms with Crippen molar-refractivity contribution < 1.29 is 44.3 Å². The van der Waals surface area contributed by atoms with E-state index >= 15 is 0 Å².